The van der Waals surface area contributed by atoms with Gasteiger partial charge in [-0.15, -0.1) is 0 Å². The Morgan fingerprint density at radius 3 is 2.06 bits per heavy atom. The Morgan fingerprint density at radius 1 is 0.480 bits per heavy atom. The molecule has 50 heavy (non-hydrogen) atoms. The van der Waals surface area contributed by atoms with E-state index in [1.54, 1.807) is 0 Å². The van der Waals surface area contributed by atoms with Gasteiger partial charge in [0.2, 0.25) is 0 Å². The number of nitrogens with zero attached hydrogens (tertiary/aromatic N) is 1. The first-order chi connectivity index (χ1) is 24.5. The summed E-state index contributed by atoms with van der Waals surface area (Å²) in [5, 5.41) is 10.3. The number of rotatable bonds is 3. The quantitative estimate of drug-likeness (QED) is 0.134. The molecule has 0 unspecified atom stereocenters. The summed E-state index contributed by atoms with van der Waals surface area (Å²) < 4.78 is 9.41. The van der Waals surface area contributed by atoms with Crippen LogP contribution in [-0.2, 0) is 5.41 Å². The van der Waals surface area contributed by atoms with Gasteiger partial charge in [-0.1, -0.05) is 18.2 Å². The zero-order chi connectivity index (χ0) is 33.1. The van der Waals surface area contributed by atoms with Gasteiger partial charge in [0.15, 0.2) is 0 Å². The van der Waals surface area contributed by atoms with E-state index in [0.29, 0.717) is 0 Å². The summed E-state index contributed by atoms with van der Waals surface area (Å²) in [5.41, 5.74) is 10.5. The molecule has 0 fully saturated rings. The van der Waals surface area contributed by atoms with Crippen molar-refractivity contribution < 1.29 is 4.42 Å². The molecule has 0 N–H and O–H groups in total. The Labute approximate surface area is 295 Å². The third kappa shape index (κ3) is 3.91. The van der Waals surface area contributed by atoms with Crippen LogP contribution >= 0.6 is 0 Å². The van der Waals surface area contributed by atoms with E-state index in [-0.39, 0.29) is 19.9 Å². The Balaban J connectivity index is 1.19. The Bertz CT molecular complexity index is 3030. The maximum atomic E-state index is 6.45. The van der Waals surface area contributed by atoms with Crippen molar-refractivity contribution in [1.29, 1.82) is 0 Å². The fourth-order valence-electron chi connectivity index (χ4n) is 8.59. The van der Waals surface area contributed by atoms with E-state index < -0.39 is 0 Å². The van der Waals surface area contributed by atoms with Crippen LogP contribution in [0.4, 0.5) is 17.1 Å². The van der Waals surface area contributed by atoms with Crippen LogP contribution in [0.5, 0.6) is 0 Å². The van der Waals surface area contributed by atoms with E-state index in [9.17, 15) is 0 Å². The molecule has 0 radical (unpaired) electrons. The van der Waals surface area contributed by atoms with Crippen molar-refractivity contribution in [3.05, 3.63) is 163 Å². The number of hydrogen-bond acceptors (Lipinski definition) is 2. The first-order valence-corrected chi connectivity index (χ1v) is 19.0. The number of anilines is 3. The number of hydrogen-bond donors (Lipinski definition) is 0. The molecule has 0 spiro atoms. The van der Waals surface area contributed by atoms with Gasteiger partial charge < -0.3 is 0 Å². The molecule has 0 amide bonds. The summed E-state index contributed by atoms with van der Waals surface area (Å²) in [5.74, 6) is 0. The molecule has 0 saturated carbocycles. The molecule has 10 aromatic rings. The van der Waals surface area contributed by atoms with E-state index in [2.05, 4.69) is 164 Å². The van der Waals surface area contributed by atoms with Crippen LogP contribution in [0, 0.1) is 0 Å². The number of para-hydroxylation sites is 1. The molecule has 0 atom stereocenters. The zero-order valence-electron chi connectivity index (χ0n) is 27.7. The summed E-state index contributed by atoms with van der Waals surface area (Å²) in [4.78, 5) is 2.42. The van der Waals surface area contributed by atoms with Gasteiger partial charge in [0.25, 0.3) is 0 Å². The van der Waals surface area contributed by atoms with Crippen LogP contribution in [-0.4, -0.2) is 14.5 Å². The number of benzene rings is 8. The first kappa shape index (κ1) is 28.3. The van der Waals surface area contributed by atoms with Crippen molar-refractivity contribution in [1.82, 2.24) is 0 Å². The van der Waals surface area contributed by atoms with Crippen LogP contribution in [0.25, 0.3) is 73.9 Å². The second kappa shape index (κ2) is 10.2. The second-order valence-corrected chi connectivity index (χ2v) is 16.3. The van der Waals surface area contributed by atoms with Crippen LogP contribution < -0.4 is 4.90 Å². The molecule has 2 nitrogen and oxygen atoms in total. The first-order valence-electron chi connectivity index (χ1n) is 17.3. The van der Waals surface area contributed by atoms with Crippen LogP contribution in [0.3, 0.4) is 0 Å². The Hall–Kier alpha value is -5.60. The summed E-state index contributed by atoms with van der Waals surface area (Å²) in [6.45, 7) is 4.69. The predicted octanol–water partition coefficient (Wildman–Crippen LogP) is 13.0. The number of furan rings is 1. The van der Waals surface area contributed by atoms with Crippen molar-refractivity contribution in [2.24, 2.45) is 0 Å². The zero-order valence-corrected chi connectivity index (χ0v) is 29.4. The average molecular weight is 705 g/mol. The van der Waals surface area contributed by atoms with Crippen LogP contribution in [0.1, 0.15) is 25.0 Å². The molecular formula is C47H31NOSe. The number of fused-ring (bicyclic) bond motifs is 13. The monoisotopic (exact) mass is 705 g/mol. The van der Waals surface area contributed by atoms with Gasteiger partial charge in [0, 0.05) is 0 Å². The van der Waals surface area contributed by atoms with E-state index in [0.717, 1.165) is 39.0 Å². The fourth-order valence-corrected chi connectivity index (χ4v) is 11.3. The van der Waals surface area contributed by atoms with Gasteiger partial charge in [-0.25, -0.2) is 0 Å². The Morgan fingerprint density at radius 2 is 1.12 bits per heavy atom. The molecule has 1 aliphatic rings. The maximum absolute atomic E-state index is 6.45. The summed E-state index contributed by atoms with van der Waals surface area (Å²) in [6, 6.07) is 56.1. The van der Waals surface area contributed by atoms with E-state index in [1.165, 1.54) is 63.1 Å². The summed E-state index contributed by atoms with van der Waals surface area (Å²) in [6.07, 6.45) is 0. The predicted molar refractivity (Wildman–Crippen MR) is 213 cm³/mol. The normalized spacial score (nSPS) is 13.6. The molecule has 0 saturated heterocycles. The molecule has 3 heteroatoms. The molecule has 2 aromatic heterocycles. The summed E-state index contributed by atoms with van der Waals surface area (Å²) >= 11 is 0.252. The topological polar surface area (TPSA) is 16.4 Å². The van der Waals surface area contributed by atoms with E-state index in [1.807, 2.05) is 6.07 Å². The van der Waals surface area contributed by atoms with Gasteiger partial charge in [0.1, 0.15) is 0 Å². The van der Waals surface area contributed by atoms with Crippen molar-refractivity contribution in [2.45, 2.75) is 19.3 Å². The molecule has 2 heterocycles. The SMILES string of the molecule is CC1(C)c2ccccc2-c2cc(N(c3ccc4c(c3)oc3ccccc34)c3ccc4ccc5ccc6c7ccccc7[se]c6c5c4c3)ccc21. The van der Waals surface area contributed by atoms with Gasteiger partial charge in [-0.05, 0) is 0 Å². The van der Waals surface area contributed by atoms with Gasteiger partial charge in [-0.3, -0.25) is 0 Å². The molecule has 11 rings (SSSR count). The molecule has 0 bridgehead atoms. The van der Waals surface area contributed by atoms with E-state index >= 15 is 0 Å². The molecule has 0 aliphatic heterocycles. The van der Waals surface area contributed by atoms with Crippen molar-refractivity contribution >= 4 is 94.3 Å². The molecule has 1 aliphatic carbocycles. The van der Waals surface area contributed by atoms with Gasteiger partial charge in [-0.2, -0.15) is 0 Å². The van der Waals surface area contributed by atoms with E-state index in [4.69, 9.17) is 4.42 Å². The minimum absolute atomic E-state index is 0.0515. The standard InChI is InChI=1S/C47H31NOSe/c1-47(2)40-12-6-3-9-33(40)39-26-31(21-24-41(39)47)48(32-20-23-35-34-10-4-7-13-42(34)49-43(35)27-32)30-19-17-28-15-16-29-18-22-37-36-11-5-8-14-44(36)50-46(37)45(29)38(28)25-30/h3-27H,1-2H3. The Kier molecular flexibility index (Phi) is 5.77. The summed E-state index contributed by atoms with van der Waals surface area (Å²) in [7, 11) is 0. The molecular weight excluding hydrogens is 673 g/mol. The average Bonchev–Trinajstić information content (AvgIpc) is 3.79. The minimum atomic E-state index is -0.0515. The van der Waals surface area contributed by atoms with Crippen LogP contribution in [0.2, 0.25) is 0 Å². The van der Waals surface area contributed by atoms with Gasteiger partial charge in [0.05, 0.1) is 0 Å². The van der Waals surface area contributed by atoms with Crippen LogP contribution in [0.15, 0.2) is 156 Å². The second-order valence-electron chi connectivity index (χ2n) is 14.1. The van der Waals surface area contributed by atoms with Crippen molar-refractivity contribution in [2.75, 3.05) is 4.90 Å². The van der Waals surface area contributed by atoms with Crippen molar-refractivity contribution in [3.8, 4) is 11.1 Å². The molecule has 8 aromatic carbocycles. The fraction of sp³-hybridized carbons (Fsp3) is 0.0638. The third-order valence-corrected chi connectivity index (χ3v) is 13.6. The van der Waals surface area contributed by atoms with Gasteiger partial charge >= 0.3 is 279 Å². The van der Waals surface area contributed by atoms with Crippen molar-refractivity contribution in [3.63, 3.8) is 0 Å². The molecule has 236 valence electrons. The third-order valence-electron chi connectivity index (χ3n) is 11.0.